The number of aromatic hydroxyl groups is 1. The minimum Gasteiger partial charge on any atom is -0.505 e. The molecule has 0 unspecified atom stereocenters. The van der Waals surface area contributed by atoms with E-state index >= 15 is 0 Å². The topological polar surface area (TPSA) is 142 Å². The van der Waals surface area contributed by atoms with Crippen LogP contribution >= 0.6 is 12.2 Å². The van der Waals surface area contributed by atoms with Crippen LogP contribution in [0.4, 0.5) is 14.5 Å². The van der Waals surface area contributed by atoms with Crippen molar-refractivity contribution in [2.45, 2.75) is 51.9 Å². The molecule has 2 aromatic carbocycles. The number of rotatable bonds is 16. The molecule has 13 heteroatoms. The number of hydrogen-bond acceptors (Lipinski definition) is 7. The highest BCUT2D eigenvalue weighted by atomic mass is 32.1. The van der Waals surface area contributed by atoms with Gasteiger partial charge in [-0.3, -0.25) is 14.4 Å². The maximum absolute atomic E-state index is 14.4. The van der Waals surface area contributed by atoms with Crippen LogP contribution in [-0.4, -0.2) is 55.4 Å². The summed E-state index contributed by atoms with van der Waals surface area (Å²) in [4.78, 5) is 35.7. The van der Waals surface area contributed by atoms with E-state index in [1.165, 1.54) is 0 Å². The van der Waals surface area contributed by atoms with Gasteiger partial charge in [0.25, 0.3) is 0 Å². The van der Waals surface area contributed by atoms with Crippen molar-refractivity contribution in [3.05, 3.63) is 69.9 Å². The summed E-state index contributed by atoms with van der Waals surface area (Å²) in [7, 11) is 1.58. The number of ether oxygens (including phenoxy) is 1. The van der Waals surface area contributed by atoms with E-state index < -0.39 is 22.8 Å². The lowest BCUT2D eigenvalue weighted by Gasteiger charge is -2.18. The molecule has 10 nitrogen and oxygen atoms in total. The zero-order valence-corrected chi connectivity index (χ0v) is 27.8. The number of thiocarbonyl (C=S) groups is 1. The number of amides is 2. The van der Waals surface area contributed by atoms with E-state index in [1.807, 2.05) is 13.0 Å². The normalized spacial score (nSPS) is 11.1. The molecule has 0 spiro atoms. The Kier molecular flexibility index (Phi) is 13.2. The molecule has 1 aliphatic carbocycles. The highest BCUT2D eigenvalue weighted by molar-refractivity contribution is 7.80. The van der Waals surface area contributed by atoms with E-state index in [0.29, 0.717) is 84.8 Å². The van der Waals surface area contributed by atoms with E-state index in [4.69, 9.17) is 21.4 Å². The lowest BCUT2D eigenvalue weighted by molar-refractivity contribution is -0.123. The molecule has 2 aromatic rings. The van der Waals surface area contributed by atoms with Gasteiger partial charge in [-0.2, -0.15) is 0 Å². The first-order chi connectivity index (χ1) is 23.1. The first kappa shape index (κ1) is 36.2. The van der Waals surface area contributed by atoms with E-state index in [1.54, 1.807) is 19.2 Å². The second kappa shape index (κ2) is 17.5. The highest BCUT2D eigenvalue weighted by Gasteiger charge is 2.22. The molecule has 0 saturated carbocycles. The Labute approximate surface area is 282 Å². The SMILES string of the molecule is COCCNC(=O)CCCCC(=O)NCCCCCNC(=S)Nc1ccc(-c2c3cc(F)c(=O)cc-3oc3cc(O)c(F)cc23)c(C)c1. The van der Waals surface area contributed by atoms with Gasteiger partial charge in [0, 0.05) is 73.9 Å². The molecule has 0 aromatic heterocycles. The Balaban J connectivity index is 1.23. The van der Waals surface area contributed by atoms with Crippen LogP contribution in [0.3, 0.4) is 0 Å². The molecule has 2 amide bonds. The minimum atomic E-state index is -0.960. The monoisotopic (exact) mass is 682 g/mol. The molecule has 0 bridgehead atoms. The lowest BCUT2D eigenvalue weighted by atomic mass is 9.91. The van der Waals surface area contributed by atoms with Gasteiger partial charge >= 0.3 is 0 Å². The number of aryl methyl sites for hydroxylation is 1. The Bertz CT molecular complexity index is 1800. The van der Waals surface area contributed by atoms with Gasteiger partial charge in [-0.25, -0.2) is 8.78 Å². The van der Waals surface area contributed by atoms with Crippen molar-refractivity contribution in [2.75, 3.05) is 38.7 Å². The zero-order chi connectivity index (χ0) is 34.6. The van der Waals surface area contributed by atoms with Crippen LogP contribution in [-0.2, 0) is 14.3 Å². The van der Waals surface area contributed by atoms with Gasteiger partial charge in [0.15, 0.2) is 22.5 Å². The fourth-order valence-electron chi connectivity index (χ4n) is 5.28. The van der Waals surface area contributed by atoms with Gasteiger partial charge in [0.05, 0.1) is 6.61 Å². The second-order valence-corrected chi connectivity index (χ2v) is 11.8. The molecule has 4 rings (SSSR count). The van der Waals surface area contributed by atoms with Gasteiger partial charge < -0.3 is 35.5 Å². The summed E-state index contributed by atoms with van der Waals surface area (Å²) in [6, 6.07) is 9.80. The van der Waals surface area contributed by atoms with Crippen LogP contribution in [0.15, 0.2) is 51.7 Å². The number of methoxy groups -OCH3 is 1. The number of nitrogens with one attached hydrogen (secondary N) is 4. The summed E-state index contributed by atoms with van der Waals surface area (Å²) in [5, 5.41) is 22.7. The van der Waals surface area contributed by atoms with E-state index in [-0.39, 0.29) is 23.2 Å². The minimum absolute atomic E-state index is 0.0153. The predicted octanol–water partition coefficient (Wildman–Crippen LogP) is 5.75. The first-order valence-electron chi connectivity index (χ1n) is 15.8. The van der Waals surface area contributed by atoms with Crippen LogP contribution in [0.25, 0.3) is 33.4 Å². The summed E-state index contributed by atoms with van der Waals surface area (Å²) >= 11 is 5.45. The zero-order valence-electron chi connectivity index (χ0n) is 27.0. The number of carbonyl (C=O) groups excluding carboxylic acids is 2. The smallest absolute Gasteiger partial charge is 0.220 e. The van der Waals surface area contributed by atoms with Crippen LogP contribution in [0, 0.1) is 18.6 Å². The van der Waals surface area contributed by atoms with Crippen molar-refractivity contribution >= 4 is 45.8 Å². The summed E-state index contributed by atoms with van der Waals surface area (Å²) in [6.45, 7) is 4.03. The fourth-order valence-corrected chi connectivity index (χ4v) is 5.50. The third-order valence-electron chi connectivity index (χ3n) is 7.74. The molecule has 0 fully saturated rings. The number of unbranched alkanes of at least 4 members (excludes halogenated alkanes) is 3. The molecular weight excluding hydrogens is 642 g/mol. The Morgan fingerprint density at radius 1 is 0.854 bits per heavy atom. The molecule has 0 atom stereocenters. The second-order valence-electron chi connectivity index (χ2n) is 11.4. The largest absolute Gasteiger partial charge is 0.505 e. The van der Waals surface area contributed by atoms with Gasteiger partial charge in [-0.15, -0.1) is 0 Å². The molecule has 0 radical (unpaired) electrons. The third kappa shape index (κ3) is 9.94. The van der Waals surface area contributed by atoms with Crippen molar-refractivity contribution in [1.29, 1.82) is 0 Å². The Morgan fingerprint density at radius 2 is 1.54 bits per heavy atom. The summed E-state index contributed by atoms with van der Waals surface area (Å²) in [5.41, 5.74) is 2.18. The highest BCUT2D eigenvalue weighted by Crippen LogP contribution is 2.43. The van der Waals surface area contributed by atoms with Crippen molar-refractivity contribution in [1.82, 2.24) is 16.0 Å². The predicted molar refractivity (Wildman–Crippen MR) is 185 cm³/mol. The molecule has 1 heterocycles. The third-order valence-corrected chi connectivity index (χ3v) is 7.99. The molecule has 256 valence electrons. The van der Waals surface area contributed by atoms with Gasteiger partial charge in [-0.05, 0) is 86.6 Å². The number of halogens is 2. The van der Waals surface area contributed by atoms with Crippen LogP contribution in [0.5, 0.6) is 5.75 Å². The van der Waals surface area contributed by atoms with Gasteiger partial charge in [-0.1, -0.05) is 6.07 Å². The molecule has 1 aliphatic heterocycles. The lowest BCUT2D eigenvalue weighted by Crippen LogP contribution is -2.29. The molecule has 0 saturated heterocycles. The van der Waals surface area contributed by atoms with Gasteiger partial charge in [0.1, 0.15) is 11.3 Å². The van der Waals surface area contributed by atoms with E-state index in [0.717, 1.165) is 49.1 Å². The number of anilines is 1. The number of phenols is 1. The standard InChI is InChI=1S/C35H40F2N4O6S/c1-21-16-22(41-35(48)40-13-7-3-6-12-38-32(44)8-4-5-9-33(45)39-14-15-46-2)10-11-23(21)34-24-17-26(36)28(42)19-30(24)47-31-20-29(43)27(37)18-25(31)34/h10-11,16-20,42H,3-9,12-15H2,1-2H3,(H,38,44)(H,39,45)(H2,40,41,48). The molecule has 5 N–H and O–H groups in total. The van der Waals surface area contributed by atoms with E-state index in [9.17, 15) is 28.3 Å². The summed E-state index contributed by atoms with van der Waals surface area (Å²) < 4.78 is 39.5. The van der Waals surface area contributed by atoms with Crippen molar-refractivity contribution < 1.29 is 32.6 Å². The summed E-state index contributed by atoms with van der Waals surface area (Å²) in [5.74, 6) is -2.37. The Morgan fingerprint density at radius 3 is 2.23 bits per heavy atom. The van der Waals surface area contributed by atoms with Crippen molar-refractivity contribution in [3.63, 3.8) is 0 Å². The quantitative estimate of drug-likeness (QED) is 0.0567. The molecule has 48 heavy (non-hydrogen) atoms. The van der Waals surface area contributed by atoms with Crippen LogP contribution < -0.4 is 26.7 Å². The maximum Gasteiger partial charge on any atom is 0.220 e. The van der Waals surface area contributed by atoms with Crippen molar-refractivity contribution in [3.8, 4) is 28.2 Å². The van der Waals surface area contributed by atoms with Crippen molar-refractivity contribution in [2.24, 2.45) is 0 Å². The number of fused-ring (bicyclic) bond motifs is 2. The first-order valence-corrected chi connectivity index (χ1v) is 16.2. The number of carbonyl (C=O) groups is 2. The van der Waals surface area contributed by atoms with E-state index in [2.05, 4.69) is 21.3 Å². The van der Waals surface area contributed by atoms with Crippen LogP contribution in [0.1, 0.15) is 50.5 Å². The Hall–Kier alpha value is -4.62. The number of benzene rings is 3. The van der Waals surface area contributed by atoms with Gasteiger partial charge in [0.2, 0.25) is 17.2 Å². The fraction of sp³-hybridized carbons (Fsp3) is 0.371. The van der Waals surface area contributed by atoms with Crippen LogP contribution in [0.2, 0.25) is 0 Å². The number of hydrogen-bond donors (Lipinski definition) is 5. The number of phenolic OH excluding ortho intramolecular Hbond substituents is 1. The summed E-state index contributed by atoms with van der Waals surface area (Å²) in [6.07, 6.45) is 4.68. The average molecular weight is 683 g/mol. The average Bonchev–Trinajstić information content (AvgIpc) is 3.04. The maximum atomic E-state index is 14.4. The molecular formula is C35H40F2N4O6S. The molecule has 2 aliphatic rings.